The Hall–Kier alpha value is -2.77. The fraction of sp³-hybridized carbons (Fsp3) is 0.308. The highest BCUT2D eigenvalue weighted by atomic mass is 16.4. The van der Waals surface area contributed by atoms with Gasteiger partial charge in [0, 0.05) is 13.2 Å². The highest BCUT2D eigenvalue weighted by Gasteiger charge is 2.35. The van der Waals surface area contributed by atoms with Crippen molar-refractivity contribution in [1.82, 2.24) is 24.6 Å². The number of aliphatic carboxylic acids is 1. The number of amides is 1. The van der Waals surface area contributed by atoms with Crippen LogP contribution in [0.4, 0.5) is 0 Å². The minimum atomic E-state index is -1.30. The van der Waals surface area contributed by atoms with Gasteiger partial charge in [0.15, 0.2) is 5.82 Å². The Bertz CT molecular complexity index is 649. The quantitative estimate of drug-likeness (QED) is 0.884. The van der Waals surface area contributed by atoms with Crippen molar-refractivity contribution in [3.8, 4) is 5.82 Å². The van der Waals surface area contributed by atoms with Crippen LogP contribution in [0.25, 0.3) is 5.82 Å². The largest absolute Gasteiger partial charge is 0.480 e. The molecule has 0 unspecified atom stereocenters. The van der Waals surface area contributed by atoms with Crippen molar-refractivity contribution in [3.63, 3.8) is 0 Å². The fourth-order valence-electron chi connectivity index (χ4n) is 1.57. The lowest BCUT2D eigenvalue weighted by Crippen LogP contribution is -2.50. The molecule has 0 spiro atoms. The van der Waals surface area contributed by atoms with Gasteiger partial charge in [0.2, 0.25) is 0 Å². The molecule has 2 aromatic heterocycles. The second kappa shape index (κ2) is 5.31. The molecule has 0 saturated heterocycles. The van der Waals surface area contributed by atoms with Crippen LogP contribution in [0.2, 0.25) is 0 Å². The monoisotopic (exact) mass is 289 g/mol. The molecule has 8 heteroatoms. The summed E-state index contributed by atoms with van der Waals surface area (Å²) in [5.41, 5.74) is -1.00. The van der Waals surface area contributed by atoms with Crippen molar-refractivity contribution in [2.24, 2.45) is 0 Å². The van der Waals surface area contributed by atoms with Crippen LogP contribution in [0.5, 0.6) is 0 Å². The van der Waals surface area contributed by atoms with Gasteiger partial charge in [-0.05, 0) is 26.0 Å². The fourth-order valence-corrected chi connectivity index (χ4v) is 1.57. The van der Waals surface area contributed by atoms with Gasteiger partial charge in [-0.25, -0.2) is 19.4 Å². The van der Waals surface area contributed by atoms with Gasteiger partial charge < -0.3 is 10.0 Å². The number of carboxylic acid groups (broad SMARTS) is 1. The molecule has 0 aliphatic heterocycles. The van der Waals surface area contributed by atoms with Gasteiger partial charge in [0.1, 0.15) is 18.2 Å². The van der Waals surface area contributed by atoms with Crippen LogP contribution in [-0.4, -0.2) is 54.2 Å². The zero-order valence-corrected chi connectivity index (χ0v) is 11.9. The van der Waals surface area contributed by atoms with Gasteiger partial charge in [-0.15, -0.1) is 0 Å². The van der Waals surface area contributed by atoms with E-state index >= 15 is 0 Å². The maximum Gasteiger partial charge on any atom is 0.329 e. The summed E-state index contributed by atoms with van der Waals surface area (Å²) in [6.07, 6.45) is 4.25. The number of carbonyl (C=O) groups is 2. The molecule has 1 amide bonds. The predicted octanol–water partition coefficient (Wildman–Crippen LogP) is 0.597. The molecule has 8 nitrogen and oxygen atoms in total. The SMILES string of the molecule is CN(C(=O)c1ccc(-n2cncn2)nc1)C(C)(C)C(=O)O. The van der Waals surface area contributed by atoms with Crippen LogP contribution in [0, 0.1) is 0 Å². The molecule has 1 N–H and O–H groups in total. The molecule has 2 rings (SSSR count). The first-order valence-electron chi connectivity index (χ1n) is 6.16. The van der Waals surface area contributed by atoms with Crippen molar-refractivity contribution in [2.75, 3.05) is 7.05 Å². The van der Waals surface area contributed by atoms with E-state index in [1.807, 2.05) is 0 Å². The Kier molecular flexibility index (Phi) is 3.70. The van der Waals surface area contributed by atoms with Crippen molar-refractivity contribution < 1.29 is 14.7 Å². The number of rotatable bonds is 4. The molecule has 2 heterocycles. The highest BCUT2D eigenvalue weighted by Crippen LogP contribution is 2.16. The van der Waals surface area contributed by atoms with Gasteiger partial charge in [-0.1, -0.05) is 0 Å². The Labute approximate surface area is 121 Å². The van der Waals surface area contributed by atoms with E-state index in [4.69, 9.17) is 5.11 Å². The molecule has 0 aliphatic carbocycles. The molecule has 0 radical (unpaired) electrons. The van der Waals surface area contributed by atoms with Crippen molar-refractivity contribution in [2.45, 2.75) is 19.4 Å². The molecule has 0 fully saturated rings. The van der Waals surface area contributed by atoms with Crippen molar-refractivity contribution in [1.29, 1.82) is 0 Å². The van der Waals surface area contributed by atoms with Crippen LogP contribution in [0.1, 0.15) is 24.2 Å². The maximum absolute atomic E-state index is 12.3. The van der Waals surface area contributed by atoms with E-state index in [2.05, 4.69) is 15.1 Å². The van der Waals surface area contributed by atoms with Crippen LogP contribution in [0.3, 0.4) is 0 Å². The first kappa shape index (κ1) is 14.6. The summed E-state index contributed by atoms with van der Waals surface area (Å²) in [6.45, 7) is 2.93. The van der Waals surface area contributed by atoms with E-state index < -0.39 is 17.4 Å². The maximum atomic E-state index is 12.3. The smallest absolute Gasteiger partial charge is 0.329 e. The average Bonchev–Trinajstić information content (AvgIpc) is 3.00. The first-order valence-corrected chi connectivity index (χ1v) is 6.16. The lowest BCUT2D eigenvalue weighted by Gasteiger charge is -2.31. The molecule has 110 valence electrons. The summed E-state index contributed by atoms with van der Waals surface area (Å²) in [5.74, 6) is -0.977. The molecule has 0 saturated carbocycles. The van der Waals surface area contributed by atoms with Gasteiger partial charge in [0.05, 0.1) is 5.56 Å². The summed E-state index contributed by atoms with van der Waals surface area (Å²) in [7, 11) is 1.45. The Morgan fingerprint density at radius 2 is 2.05 bits per heavy atom. The third kappa shape index (κ3) is 2.73. The summed E-state index contributed by atoms with van der Waals surface area (Å²) in [5, 5.41) is 13.1. The molecular formula is C13H15N5O3. The number of aromatic nitrogens is 4. The molecule has 0 bridgehead atoms. The topological polar surface area (TPSA) is 101 Å². The molecule has 2 aromatic rings. The Morgan fingerprint density at radius 1 is 1.33 bits per heavy atom. The molecular weight excluding hydrogens is 274 g/mol. The zero-order chi connectivity index (χ0) is 15.6. The number of hydrogen-bond donors (Lipinski definition) is 1. The summed E-state index contributed by atoms with van der Waals surface area (Å²) in [6, 6.07) is 3.18. The van der Waals surface area contributed by atoms with E-state index in [9.17, 15) is 9.59 Å². The van der Waals surface area contributed by atoms with Crippen LogP contribution in [-0.2, 0) is 4.79 Å². The summed E-state index contributed by atoms with van der Waals surface area (Å²) < 4.78 is 1.46. The van der Waals surface area contributed by atoms with E-state index in [0.29, 0.717) is 11.4 Å². The second-order valence-corrected chi connectivity index (χ2v) is 4.97. The third-order valence-electron chi connectivity index (χ3n) is 3.31. The van der Waals surface area contributed by atoms with Crippen molar-refractivity contribution >= 4 is 11.9 Å². The standard InChI is InChI=1S/C13H15N5O3/c1-13(2,12(20)21)17(3)11(19)9-4-5-10(15-6-9)18-8-14-7-16-18/h4-8H,1-3H3,(H,20,21). The molecule has 0 aliphatic rings. The Balaban J connectivity index is 2.23. The lowest BCUT2D eigenvalue weighted by atomic mass is 10.0. The van der Waals surface area contributed by atoms with Crippen LogP contribution >= 0.6 is 0 Å². The van der Waals surface area contributed by atoms with E-state index in [0.717, 1.165) is 0 Å². The minimum Gasteiger partial charge on any atom is -0.480 e. The molecule has 21 heavy (non-hydrogen) atoms. The highest BCUT2D eigenvalue weighted by molar-refractivity contribution is 5.97. The van der Waals surface area contributed by atoms with Gasteiger partial charge in [0.25, 0.3) is 5.91 Å². The average molecular weight is 289 g/mol. The number of likely N-dealkylation sites (N-methyl/N-ethyl adjacent to an activating group) is 1. The van der Waals surface area contributed by atoms with Gasteiger partial charge in [-0.3, -0.25) is 4.79 Å². The zero-order valence-electron chi connectivity index (χ0n) is 11.9. The lowest BCUT2D eigenvalue weighted by molar-refractivity contribution is -0.147. The van der Waals surface area contributed by atoms with Gasteiger partial charge in [-0.2, -0.15) is 5.10 Å². The summed E-state index contributed by atoms with van der Waals surface area (Å²) >= 11 is 0. The molecule has 0 aromatic carbocycles. The number of carbonyl (C=O) groups excluding carboxylic acids is 1. The minimum absolute atomic E-state index is 0.302. The van der Waals surface area contributed by atoms with E-state index in [1.165, 1.54) is 49.3 Å². The predicted molar refractivity (Wildman–Crippen MR) is 73.0 cm³/mol. The van der Waals surface area contributed by atoms with Crippen LogP contribution < -0.4 is 0 Å². The number of hydrogen-bond acceptors (Lipinski definition) is 5. The number of carboxylic acids is 1. The second-order valence-electron chi connectivity index (χ2n) is 4.97. The van der Waals surface area contributed by atoms with Gasteiger partial charge >= 0.3 is 5.97 Å². The first-order chi connectivity index (χ1) is 9.84. The van der Waals surface area contributed by atoms with E-state index in [1.54, 1.807) is 12.1 Å². The summed E-state index contributed by atoms with van der Waals surface area (Å²) in [4.78, 5) is 32.6. The molecule has 0 atom stereocenters. The number of pyridine rings is 1. The van der Waals surface area contributed by atoms with E-state index in [-0.39, 0.29) is 0 Å². The third-order valence-corrected chi connectivity index (χ3v) is 3.31. The Morgan fingerprint density at radius 3 is 2.52 bits per heavy atom. The number of nitrogens with zero attached hydrogens (tertiary/aromatic N) is 5. The van der Waals surface area contributed by atoms with Crippen molar-refractivity contribution in [3.05, 3.63) is 36.5 Å². The normalized spacial score (nSPS) is 11.2. The van der Waals surface area contributed by atoms with Crippen LogP contribution in [0.15, 0.2) is 31.0 Å².